The molecule has 0 aliphatic heterocycles. The topological polar surface area (TPSA) is 34.1 Å². The first-order chi connectivity index (χ1) is 8.50. The Bertz CT molecular complexity index is 564. The molecular formula is C13H9Cl2IO2. The predicted molar refractivity (Wildman–Crippen MR) is 80.2 cm³/mol. The van der Waals surface area contributed by atoms with E-state index < -0.39 is 0 Å². The molecule has 2 nitrogen and oxygen atoms in total. The van der Waals surface area contributed by atoms with Crippen LogP contribution >= 0.6 is 45.8 Å². The number of Topliss-reactive ketones (excluding diaryl/α,β-unsaturated/α-hetero) is 2. The molecule has 0 fully saturated rings. The maximum Gasteiger partial charge on any atom is 0.199 e. The Morgan fingerprint density at radius 2 is 1.94 bits per heavy atom. The van der Waals surface area contributed by atoms with Crippen molar-refractivity contribution in [3.05, 3.63) is 43.0 Å². The molecule has 0 amide bonds. The van der Waals surface area contributed by atoms with Crippen LogP contribution in [0.3, 0.4) is 0 Å². The van der Waals surface area contributed by atoms with Gasteiger partial charge in [0.15, 0.2) is 11.6 Å². The van der Waals surface area contributed by atoms with Crippen LogP contribution in [0.1, 0.15) is 29.6 Å². The Labute approximate surface area is 128 Å². The highest BCUT2D eigenvalue weighted by molar-refractivity contribution is 14.1. The van der Waals surface area contributed by atoms with Crippen LogP contribution in [0.15, 0.2) is 28.8 Å². The standard InChI is InChI=1S/C13H9Cl2IO2/c14-9-2-1-3-11(17)12(9)13(18)8-5-4-7(16)6-10(8)15/h4-6H,1-3H2. The number of halogens is 3. The summed E-state index contributed by atoms with van der Waals surface area (Å²) in [6.45, 7) is 0. The first kappa shape index (κ1) is 14.0. The van der Waals surface area contributed by atoms with E-state index in [9.17, 15) is 9.59 Å². The second-order valence-electron chi connectivity index (χ2n) is 4.01. The Morgan fingerprint density at radius 3 is 2.56 bits per heavy atom. The monoisotopic (exact) mass is 394 g/mol. The summed E-state index contributed by atoms with van der Waals surface area (Å²) in [4.78, 5) is 24.1. The molecule has 0 unspecified atom stereocenters. The lowest BCUT2D eigenvalue weighted by Crippen LogP contribution is -2.18. The molecule has 1 aromatic carbocycles. The first-order valence-corrected chi connectivity index (χ1v) is 7.26. The first-order valence-electron chi connectivity index (χ1n) is 5.42. The number of ketones is 2. The second kappa shape index (κ2) is 5.72. The SMILES string of the molecule is O=C1CCCC(Cl)=C1C(=O)c1ccc(I)cc1Cl. The molecule has 0 saturated carbocycles. The normalized spacial score (nSPS) is 16.1. The molecule has 18 heavy (non-hydrogen) atoms. The van der Waals surface area contributed by atoms with Gasteiger partial charge in [0.05, 0.1) is 10.6 Å². The van der Waals surface area contributed by atoms with E-state index in [1.807, 2.05) is 0 Å². The fraction of sp³-hybridized carbons (Fsp3) is 0.231. The van der Waals surface area contributed by atoms with Crippen LogP contribution in [-0.4, -0.2) is 11.6 Å². The van der Waals surface area contributed by atoms with Crippen molar-refractivity contribution in [2.75, 3.05) is 0 Å². The smallest absolute Gasteiger partial charge is 0.199 e. The van der Waals surface area contributed by atoms with Crippen molar-refractivity contribution in [3.8, 4) is 0 Å². The number of rotatable bonds is 2. The fourth-order valence-corrected chi connectivity index (χ4v) is 3.13. The van der Waals surface area contributed by atoms with Crippen LogP contribution in [0, 0.1) is 3.57 Å². The largest absolute Gasteiger partial charge is 0.294 e. The second-order valence-corrected chi connectivity index (χ2v) is 6.12. The number of benzene rings is 1. The highest BCUT2D eigenvalue weighted by Gasteiger charge is 2.27. The van der Waals surface area contributed by atoms with Crippen LogP contribution in [-0.2, 0) is 4.79 Å². The summed E-state index contributed by atoms with van der Waals surface area (Å²) in [6, 6.07) is 5.10. The number of carbonyl (C=O) groups excluding carboxylic acids is 2. The average Bonchev–Trinajstić information content (AvgIpc) is 2.28. The van der Waals surface area contributed by atoms with Gasteiger partial charge in [-0.25, -0.2) is 0 Å². The molecule has 0 aromatic heterocycles. The predicted octanol–water partition coefficient (Wildman–Crippen LogP) is 4.37. The van der Waals surface area contributed by atoms with Crippen LogP contribution in [0.4, 0.5) is 0 Å². The van der Waals surface area contributed by atoms with Gasteiger partial charge in [0.25, 0.3) is 0 Å². The quantitative estimate of drug-likeness (QED) is 0.424. The van der Waals surface area contributed by atoms with Crippen molar-refractivity contribution < 1.29 is 9.59 Å². The maximum absolute atomic E-state index is 12.3. The molecule has 5 heteroatoms. The van der Waals surface area contributed by atoms with Crippen molar-refractivity contribution in [2.24, 2.45) is 0 Å². The minimum Gasteiger partial charge on any atom is -0.294 e. The van der Waals surface area contributed by atoms with E-state index in [1.165, 1.54) is 0 Å². The van der Waals surface area contributed by atoms with Crippen molar-refractivity contribution >= 4 is 57.4 Å². The molecule has 1 aliphatic rings. The van der Waals surface area contributed by atoms with Crippen LogP contribution in [0.25, 0.3) is 0 Å². The summed E-state index contributed by atoms with van der Waals surface area (Å²) in [5.41, 5.74) is 0.437. The van der Waals surface area contributed by atoms with Gasteiger partial charge in [0.2, 0.25) is 0 Å². The zero-order valence-electron chi connectivity index (χ0n) is 9.30. The van der Waals surface area contributed by atoms with Crippen LogP contribution in [0.5, 0.6) is 0 Å². The van der Waals surface area contributed by atoms with E-state index in [2.05, 4.69) is 22.6 Å². The van der Waals surface area contributed by atoms with Gasteiger partial charge in [-0.3, -0.25) is 9.59 Å². The minimum atomic E-state index is -0.369. The lowest BCUT2D eigenvalue weighted by atomic mass is 9.91. The Kier molecular flexibility index (Phi) is 4.45. The third-order valence-electron chi connectivity index (χ3n) is 2.75. The van der Waals surface area contributed by atoms with E-state index in [-0.39, 0.29) is 17.1 Å². The number of carbonyl (C=O) groups is 2. The van der Waals surface area contributed by atoms with Gasteiger partial charge in [-0.2, -0.15) is 0 Å². The molecule has 2 rings (SSSR count). The van der Waals surface area contributed by atoms with Gasteiger partial charge in [-0.1, -0.05) is 23.2 Å². The number of allylic oxidation sites excluding steroid dienone is 2. The molecular weight excluding hydrogens is 386 g/mol. The van der Waals surface area contributed by atoms with Crippen molar-refractivity contribution in [2.45, 2.75) is 19.3 Å². The lowest BCUT2D eigenvalue weighted by Gasteiger charge is -2.14. The van der Waals surface area contributed by atoms with E-state index in [1.54, 1.807) is 18.2 Å². The third-order valence-corrected chi connectivity index (χ3v) is 4.11. The fourth-order valence-electron chi connectivity index (χ4n) is 1.86. The van der Waals surface area contributed by atoms with E-state index in [4.69, 9.17) is 23.2 Å². The molecule has 0 spiro atoms. The summed E-state index contributed by atoms with van der Waals surface area (Å²) in [5, 5.41) is 0.702. The summed E-state index contributed by atoms with van der Waals surface area (Å²) >= 11 is 14.1. The lowest BCUT2D eigenvalue weighted by molar-refractivity contribution is -0.115. The van der Waals surface area contributed by atoms with Crippen molar-refractivity contribution in [1.29, 1.82) is 0 Å². The summed E-state index contributed by atoms with van der Waals surface area (Å²) < 4.78 is 0.934. The zero-order valence-corrected chi connectivity index (χ0v) is 13.0. The number of hydrogen-bond donors (Lipinski definition) is 0. The third kappa shape index (κ3) is 2.78. The summed E-state index contributed by atoms with van der Waals surface area (Å²) in [5.74, 6) is -0.558. The van der Waals surface area contributed by atoms with Crippen LogP contribution < -0.4 is 0 Å². The molecule has 0 saturated heterocycles. The highest BCUT2D eigenvalue weighted by Crippen LogP contribution is 2.30. The van der Waals surface area contributed by atoms with E-state index >= 15 is 0 Å². The Hall–Kier alpha value is -0.390. The van der Waals surface area contributed by atoms with Gasteiger partial charge in [-0.15, -0.1) is 0 Å². The maximum atomic E-state index is 12.3. The molecule has 0 heterocycles. The molecule has 0 atom stereocenters. The van der Waals surface area contributed by atoms with Crippen molar-refractivity contribution in [3.63, 3.8) is 0 Å². The summed E-state index contributed by atoms with van der Waals surface area (Å²) in [7, 11) is 0. The van der Waals surface area contributed by atoms with Gasteiger partial charge >= 0.3 is 0 Å². The minimum absolute atomic E-state index is 0.103. The highest BCUT2D eigenvalue weighted by atomic mass is 127. The zero-order chi connectivity index (χ0) is 13.3. The molecule has 1 aliphatic carbocycles. The molecule has 0 radical (unpaired) electrons. The summed E-state index contributed by atoms with van der Waals surface area (Å²) in [6.07, 6.45) is 1.66. The molecule has 94 valence electrons. The Balaban J connectivity index is 2.45. The van der Waals surface area contributed by atoms with Gasteiger partial charge in [-0.05, 0) is 53.6 Å². The average molecular weight is 395 g/mol. The molecule has 0 N–H and O–H groups in total. The van der Waals surface area contributed by atoms with Gasteiger partial charge < -0.3 is 0 Å². The van der Waals surface area contributed by atoms with E-state index in [0.29, 0.717) is 34.9 Å². The molecule has 0 bridgehead atoms. The van der Waals surface area contributed by atoms with Gasteiger partial charge in [0, 0.05) is 20.6 Å². The number of hydrogen-bond acceptors (Lipinski definition) is 2. The van der Waals surface area contributed by atoms with E-state index in [0.717, 1.165) is 3.57 Å². The van der Waals surface area contributed by atoms with Gasteiger partial charge in [0.1, 0.15) is 0 Å². The Morgan fingerprint density at radius 1 is 1.22 bits per heavy atom. The molecule has 1 aromatic rings. The van der Waals surface area contributed by atoms with Crippen LogP contribution in [0.2, 0.25) is 5.02 Å². The van der Waals surface area contributed by atoms with Crippen molar-refractivity contribution in [1.82, 2.24) is 0 Å².